The monoisotopic (exact) mass is 358 g/mol. The summed E-state index contributed by atoms with van der Waals surface area (Å²) in [6.07, 6.45) is 2.67. The minimum Gasteiger partial charge on any atom is -0.509 e. The van der Waals surface area contributed by atoms with Crippen LogP contribution in [-0.4, -0.2) is 47.4 Å². The Labute approximate surface area is 153 Å². The molecule has 1 aromatic carbocycles. The molecule has 0 saturated carbocycles. The van der Waals surface area contributed by atoms with E-state index in [1.54, 1.807) is 6.92 Å². The molecule has 0 aliphatic carbocycles. The van der Waals surface area contributed by atoms with E-state index in [4.69, 9.17) is 9.47 Å². The van der Waals surface area contributed by atoms with Gasteiger partial charge >= 0.3 is 6.16 Å². The fraction of sp³-hybridized carbons (Fsp3) is 0.450. The molecule has 6 heteroatoms. The van der Waals surface area contributed by atoms with E-state index in [9.17, 15) is 9.90 Å². The van der Waals surface area contributed by atoms with Gasteiger partial charge in [0.1, 0.15) is 5.76 Å². The van der Waals surface area contributed by atoms with Gasteiger partial charge < -0.3 is 19.6 Å². The van der Waals surface area contributed by atoms with Gasteiger partial charge in [0.15, 0.2) is 5.76 Å². The van der Waals surface area contributed by atoms with Crippen LogP contribution in [0.2, 0.25) is 0 Å². The molecular weight excluding hydrogens is 332 g/mol. The van der Waals surface area contributed by atoms with Gasteiger partial charge in [-0.25, -0.2) is 4.79 Å². The Hall–Kier alpha value is -2.47. The summed E-state index contributed by atoms with van der Waals surface area (Å²) in [6.45, 7) is 8.17. The van der Waals surface area contributed by atoms with Crippen molar-refractivity contribution in [3.05, 3.63) is 46.5 Å². The Balaban J connectivity index is 1.65. The van der Waals surface area contributed by atoms with Gasteiger partial charge in [-0.2, -0.15) is 0 Å². The van der Waals surface area contributed by atoms with E-state index in [1.165, 1.54) is 27.6 Å². The Morgan fingerprint density at radius 3 is 2.92 bits per heavy atom. The van der Waals surface area contributed by atoms with Gasteiger partial charge in [-0.3, -0.25) is 4.90 Å². The molecular formula is C20H26N2O4. The SMILES string of the molecule is CCOC(=O)OC1=C(O)CCN(CCc2c[nH]c3cc(C)cc(C)c23)C1. The minimum atomic E-state index is -0.765. The lowest BCUT2D eigenvalue weighted by Gasteiger charge is -2.27. The van der Waals surface area contributed by atoms with Gasteiger partial charge in [-0.1, -0.05) is 6.07 Å². The Kier molecular flexibility index (Phi) is 5.52. The first-order chi connectivity index (χ1) is 12.5. The maximum absolute atomic E-state index is 11.5. The molecule has 1 aliphatic heterocycles. The first kappa shape index (κ1) is 18.3. The zero-order valence-corrected chi connectivity index (χ0v) is 15.6. The zero-order valence-electron chi connectivity index (χ0n) is 15.6. The summed E-state index contributed by atoms with van der Waals surface area (Å²) in [7, 11) is 0. The molecule has 2 heterocycles. The van der Waals surface area contributed by atoms with E-state index >= 15 is 0 Å². The van der Waals surface area contributed by atoms with Crippen LogP contribution in [0.5, 0.6) is 0 Å². The molecule has 0 radical (unpaired) electrons. The third-order valence-electron chi connectivity index (χ3n) is 4.72. The zero-order chi connectivity index (χ0) is 18.7. The Bertz CT molecular complexity index is 838. The standard InChI is InChI=1S/C20H26N2O4/c1-4-25-20(24)26-18-12-22(8-6-17(18)23)7-5-15-11-21-16-10-13(2)9-14(3)19(15)16/h9-11,21,23H,4-8,12H2,1-3H3. The smallest absolute Gasteiger partial charge is 0.509 e. The van der Waals surface area contributed by atoms with Crippen LogP contribution >= 0.6 is 0 Å². The topological polar surface area (TPSA) is 74.8 Å². The number of carbonyl (C=O) groups is 1. The Morgan fingerprint density at radius 1 is 1.35 bits per heavy atom. The van der Waals surface area contributed by atoms with E-state index in [1.807, 2.05) is 0 Å². The molecule has 26 heavy (non-hydrogen) atoms. The van der Waals surface area contributed by atoms with Gasteiger partial charge in [0.2, 0.25) is 0 Å². The highest BCUT2D eigenvalue weighted by molar-refractivity contribution is 5.87. The summed E-state index contributed by atoms with van der Waals surface area (Å²) in [5.41, 5.74) is 4.98. The summed E-state index contributed by atoms with van der Waals surface area (Å²) < 4.78 is 9.92. The number of aromatic nitrogens is 1. The number of rotatable bonds is 5. The van der Waals surface area contributed by atoms with Gasteiger partial charge in [0, 0.05) is 36.6 Å². The van der Waals surface area contributed by atoms with Crippen molar-refractivity contribution in [3.8, 4) is 0 Å². The molecule has 0 spiro atoms. The molecule has 1 aromatic heterocycles. The van der Waals surface area contributed by atoms with Crippen molar-refractivity contribution in [2.24, 2.45) is 0 Å². The van der Waals surface area contributed by atoms with E-state index in [0.717, 1.165) is 19.5 Å². The van der Waals surface area contributed by atoms with Crippen LogP contribution in [0.1, 0.15) is 30.0 Å². The van der Waals surface area contributed by atoms with Gasteiger partial charge in [0.25, 0.3) is 0 Å². The average Bonchev–Trinajstić information content (AvgIpc) is 2.99. The third kappa shape index (κ3) is 4.02. The number of benzene rings is 1. The number of nitrogens with one attached hydrogen (secondary N) is 1. The van der Waals surface area contributed by atoms with Crippen molar-refractivity contribution in [2.75, 3.05) is 26.2 Å². The van der Waals surface area contributed by atoms with Crippen LogP contribution in [0, 0.1) is 13.8 Å². The molecule has 0 bridgehead atoms. The van der Waals surface area contributed by atoms with Crippen LogP contribution in [0.4, 0.5) is 4.79 Å². The number of carbonyl (C=O) groups excluding carboxylic acids is 1. The number of H-pyrrole nitrogens is 1. The van der Waals surface area contributed by atoms with Crippen LogP contribution in [0.3, 0.4) is 0 Å². The van der Waals surface area contributed by atoms with Gasteiger partial charge in [0.05, 0.1) is 13.2 Å². The molecule has 3 rings (SSSR count). The summed E-state index contributed by atoms with van der Waals surface area (Å²) in [5.74, 6) is 0.424. The normalized spacial score (nSPS) is 15.5. The number of hydrogen-bond acceptors (Lipinski definition) is 5. The molecule has 0 fully saturated rings. The van der Waals surface area contributed by atoms with Crippen LogP contribution in [0.25, 0.3) is 10.9 Å². The summed E-state index contributed by atoms with van der Waals surface area (Å²) in [6, 6.07) is 4.37. The van der Waals surface area contributed by atoms with Gasteiger partial charge in [-0.05, 0) is 49.9 Å². The molecule has 0 unspecified atom stereocenters. The highest BCUT2D eigenvalue weighted by Crippen LogP contribution is 2.25. The first-order valence-corrected chi connectivity index (χ1v) is 9.03. The minimum absolute atomic E-state index is 0.132. The third-order valence-corrected chi connectivity index (χ3v) is 4.72. The molecule has 2 aromatic rings. The highest BCUT2D eigenvalue weighted by Gasteiger charge is 2.22. The van der Waals surface area contributed by atoms with Gasteiger partial charge in [-0.15, -0.1) is 0 Å². The van der Waals surface area contributed by atoms with Crippen molar-refractivity contribution in [3.63, 3.8) is 0 Å². The lowest BCUT2D eigenvalue weighted by Crippen LogP contribution is -2.34. The fourth-order valence-corrected chi connectivity index (χ4v) is 3.53. The number of nitrogens with zero attached hydrogens (tertiary/aromatic N) is 1. The summed E-state index contributed by atoms with van der Waals surface area (Å²) in [4.78, 5) is 17.0. The van der Waals surface area contributed by atoms with E-state index in [0.29, 0.717) is 18.7 Å². The average molecular weight is 358 g/mol. The molecule has 0 atom stereocenters. The number of aryl methyl sites for hydroxylation is 2. The molecule has 2 N–H and O–H groups in total. The quantitative estimate of drug-likeness (QED) is 0.791. The van der Waals surface area contributed by atoms with Crippen molar-refractivity contribution >= 4 is 17.1 Å². The second-order valence-electron chi connectivity index (χ2n) is 6.75. The largest absolute Gasteiger partial charge is 0.513 e. The van der Waals surface area contributed by atoms with Crippen LogP contribution in [0.15, 0.2) is 29.8 Å². The van der Waals surface area contributed by atoms with Crippen LogP contribution < -0.4 is 0 Å². The number of fused-ring (bicyclic) bond motifs is 1. The fourth-order valence-electron chi connectivity index (χ4n) is 3.53. The molecule has 1 aliphatic rings. The second-order valence-corrected chi connectivity index (χ2v) is 6.75. The Morgan fingerprint density at radius 2 is 2.15 bits per heavy atom. The van der Waals surface area contributed by atoms with Crippen LogP contribution in [-0.2, 0) is 15.9 Å². The van der Waals surface area contributed by atoms with E-state index < -0.39 is 6.16 Å². The number of aliphatic hydroxyl groups is 1. The number of aromatic amines is 1. The molecule has 6 nitrogen and oxygen atoms in total. The predicted molar refractivity (Wildman–Crippen MR) is 100 cm³/mol. The predicted octanol–water partition coefficient (Wildman–Crippen LogP) is 3.98. The van der Waals surface area contributed by atoms with E-state index in [-0.39, 0.29) is 12.4 Å². The highest BCUT2D eigenvalue weighted by atomic mass is 16.7. The number of hydrogen-bond donors (Lipinski definition) is 2. The molecule has 0 saturated heterocycles. The second kappa shape index (κ2) is 7.83. The van der Waals surface area contributed by atoms with Crippen molar-refractivity contribution in [1.82, 2.24) is 9.88 Å². The maximum Gasteiger partial charge on any atom is 0.513 e. The summed E-state index contributed by atoms with van der Waals surface area (Å²) >= 11 is 0. The lowest BCUT2D eigenvalue weighted by atomic mass is 10.0. The number of ether oxygens (including phenoxy) is 2. The maximum atomic E-state index is 11.5. The first-order valence-electron chi connectivity index (χ1n) is 9.03. The summed E-state index contributed by atoms with van der Waals surface area (Å²) in [5, 5.41) is 11.3. The van der Waals surface area contributed by atoms with Crippen molar-refractivity contribution < 1.29 is 19.4 Å². The molecule has 0 amide bonds. The van der Waals surface area contributed by atoms with E-state index in [2.05, 4.69) is 42.1 Å². The number of aliphatic hydroxyl groups excluding tert-OH is 1. The molecule has 140 valence electrons. The lowest BCUT2D eigenvalue weighted by molar-refractivity contribution is 0.0663. The van der Waals surface area contributed by atoms with Crippen molar-refractivity contribution in [2.45, 2.75) is 33.6 Å². The van der Waals surface area contributed by atoms with Crippen molar-refractivity contribution in [1.29, 1.82) is 0 Å².